The molecule has 0 aromatic heterocycles. The van der Waals surface area contributed by atoms with Crippen molar-refractivity contribution in [2.75, 3.05) is 6.61 Å². The summed E-state index contributed by atoms with van der Waals surface area (Å²) in [5.74, 6) is -0.687. The molecule has 3 atom stereocenters. The van der Waals surface area contributed by atoms with Gasteiger partial charge < -0.3 is 9.47 Å². The molecule has 0 unspecified atom stereocenters. The highest BCUT2D eigenvalue weighted by atomic mass is 32.2. The van der Waals surface area contributed by atoms with Crippen molar-refractivity contribution in [3.05, 3.63) is 71.8 Å². The Morgan fingerprint density at radius 1 is 0.960 bits per heavy atom. The van der Waals surface area contributed by atoms with Crippen molar-refractivity contribution < 1.29 is 19.1 Å². The van der Waals surface area contributed by atoms with E-state index in [4.69, 9.17) is 9.47 Å². The molecule has 0 bridgehead atoms. The van der Waals surface area contributed by atoms with Gasteiger partial charge in [0.2, 0.25) is 0 Å². The van der Waals surface area contributed by atoms with E-state index in [2.05, 4.69) is 6.92 Å². The van der Waals surface area contributed by atoms with Crippen molar-refractivity contribution in [2.24, 2.45) is 0 Å². The highest BCUT2D eigenvalue weighted by molar-refractivity contribution is 8.00. The van der Waals surface area contributed by atoms with Crippen LogP contribution >= 0.6 is 11.8 Å². The molecule has 0 radical (unpaired) electrons. The van der Waals surface area contributed by atoms with Gasteiger partial charge in [0.25, 0.3) is 0 Å². The summed E-state index contributed by atoms with van der Waals surface area (Å²) in [4.78, 5) is 24.4. The predicted molar refractivity (Wildman–Crippen MR) is 97.8 cm³/mol. The number of hydrogen-bond donors (Lipinski definition) is 0. The number of thioether (sulfide) groups is 1. The van der Waals surface area contributed by atoms with Crippen molar-refractivity contribution >= 4 is 23.7 Å². The van der Waals surface area contributed by atoms with Crippen molar-refractivity contribution in [3.63, 3.8) is 0 Å². The molecule has 1 aliphatic rings. The Labute approximate surface area is 151 Å². The van der Waals surface area contributed by atoms with E-state index in [0.29, 0.717) is 16.4 Å². The van der Waals surface area contributed by atoms with Gasteiger partial charge in [-0.3, -0.25) is 0 Å². The van der Waals surface area contributed by atoms with Crippen LogP contribution in [0, 0.1) is 0 Å². The van der Waals surface area contributed by atoms with Crippen LogP contribution in [0.15, 0.2) is 60.7 Å². The number of rotatable bonds is 5. The second-order valence-electron chi connectivity index (χ2n) is 6.00. The smallest absolute Gasteiger partial charge is 0.338 e. The van der Waals surface area contributed by atoms with Crippen LogP contribution in [0.25, 0.3) is 0 Å². The fraction of sp³-hybridized carbons (Fsp3) is 0.300. The molecule has 25 heavy (non-hydrogen) atoms. The maximum absolute atomic E-state index is 12.3. The molecule has 5 heteroatoms. The third-order valence-corrected chi connectivity index (χ3v) is 5.49. The van der Waals surface area contributed by atoms with Gasteiger partial charge >= 0.3 is 11.9 Å². The average Bonchev–Trinajstić information content (AvgIpc) is 3.00. The fourth-order valence-electron chi connectivity index (χ4n) is 2.79. The summed E-state index contributed by atoms with van der Waals surface area (Å²) < 4.78 is 11.1. The van der Waals surface area contributed by atoms with Crippen LogP contribution in [-0.2, 0) is 9.47 Å². The maximum Gasteiger partial charge on any atom is 0.338 e. The first-order valence-electron chi connectivity index (χ1n) is 8.27. The van der Waals surface area contributed by atoms with Gasteiger partial charge in [0.1, 0.15) is 12.7 Å². The number of hydrogen-bond acceptors (Lipinski definition) is 5. The Balaban J connectivity index is 1.58. The molecular weight excluding hydrogens is 336 g/mol. The summed E-state index contributed by atoms with van der Waals surface area (Å²) in [7, 11) is 0. The zero-order valence-corrected chi connectivity index (χ0v) is 14.8. The number of benzene rings is 2. The summed E-state index contributed by atoms with van der Waals surface area (Å²) in [5.41, 5.74) is 1.06. The minimum absolute atomic E-state index is 0.0460. The number of ether oxygens (including phenoxy) is 2. The van der Waals surface area contributed by atoms with E-state index in [1.165, 1.54) is 0 Å². The van der Waals surface area contributed by atoms with Crippen molar-refractivity contribution in [3.8, 4) is 0 Å². The molecule has 1 fully saturated rings. The van der Waals surface area contributed by atoms with Gasteiger partial charge in [0.05, 0.1) is 16.4 Å². The maximum atomic E-state index is 12.3. The molecule has 3 rings (SSSR count). The van der Waals surface area contributed by atoms with Crippen molar-refractivity contribution in [1.29, 1.82) is 0 Å². The quantitative estimate of drug-likeness (QED) is 0.759. The molecular formula is C20H20O4S. The Morgan fingerprint density at radius 2 is 1.52 bits per heavy atom. The minimum Gasteiger partial charge on any atom is -0.461 e. The molecule has 0 saturated carbocycles. The zero-order chi connectivity index (χ0) is 17.6. The van der Waals surface area contributed by atoms with Crippen LogP contribution in [-0.4, -0.2) is 35.1 Å². The first-order chi connectivity index (χ1) is 12.1. The molecule has 2 aromatic carbocycles. The van der Waals surface area contributed by atoms with Gasteiger partial charge in [-0.05, 0) is 30.7 Å². The van der Waals surface area contributed by atoms with E-state index in [1.54, 1.807) is 48.2 Å². The summed E-state index contributed by atoms with van der Waals surface area (Å²) in [5, 5.41) is 0.310. The van der Waals surface area contributed by atoms with Crippen LogP contribution in [0.3, 0.4) is 0 Å². The lowest BCUT2D eigenvalue weighted by Gasteiger charge is -2.19. The van der Waals surface area contributed by atoms with Gasteiger partial charge in [-0.15, -0.1) is 11.8 Å². The van der Waals surface area contributed by atoms with Crippen LogP contribution in [0.5, 0.6) is 0 Å². The lowest BCUT2D eigenvalue weighted by atomic mass is 10.1. The molecule has 1 heterocycles. The van der Waals surface area contributed by atoms with Gasteiger partial charge in [0.15, 0.2) is 0 Å². The SMILES string of the molecule is C[C@H]1C[C@H](OC(=O)c2ccccc2)[C@@H](COC(=O)c2ccccc2)S1. The molecule has 4 nitrogen and oxygen atoms in total. The average molecular weight is 356 g/mol. The molecule has 130 valence electrons. The standard InChI is InChI=1S/C20H20O4S/c1-14-12-17(24-20(22)16-10-6-3-7-11-16)18(25-14)13-23-19(21)15-8-4-2-5-9-15/h2-11,14,17-18H,12-13H2,1H3/t14-,17-,18+/m0/s1. The van der Waals surface area contributed by atoms with E-state index in [1.807, 2.05) is 24.3 Å². The Bertz CT molecular complexity index is 717. The van der Waals surface area contributed by atoms with E-state index in [9.17, 15) is 9.59 Å². The highest BCUT2D eigenvalue weighted by Gasteiger charge is 2.36. The molecule has 2 aromatic rings. The Hall–Kier alpha value is -2.27. The first-order valence-corrected chi connectivity index (χ1v) is 9.21. The zero-order valence-electron chi connectivity index (χ0n) is 14.0. The van der Waals surface area contributed by atoms with E-state index >= 15 is 0 Å². The normalized spacial score (nSPS) is 22.4. The monoisotopic (exact) mass is 356 g/mol. The number of carbonyl (C=O) groups excluding carboxylic acids is 2. The van der Waals surface area contributed by atoms with Crippen LogP contribution < -0.4 is 0 Å². The second-order valence-corrected chi connectivity index (χ2v) is 7.68. The largest absolute Gasteiger partial charge is 0.461 e. The summed E-state index contributed by atoms with van der Waals surface area (Å²) in [6.07, 6.45) is 0.507. The van der Waals surface area contributed by atoms with E-state index < -0.39 is 0 Å². The van der Waals surface area contributed by atoms with Gasteiger partial charge in [-0.2, -0.15) is 0 Å². The first kappa shape index (κ1) is 17.5. The molecule has 0 N–H and O–H groups in total. The third-order valence-electron chi connectivity index (χ3n) is 4.04. The lowest BCUT2D eigenvalue weighted by Crippen LogP contribution is -2.29. The Morgan fingerprint density at radius 3 is 2.12 bits per heavy atom. The van der Waals surface area contributed by atoms with Gasteiger partial charge in [-0.1, -0.05) is 43.3 Å². The summed E-state index contributed by atoms with van der Waals surface area (Å²) in [6, 6.07) is 17.8. The van der Waals surface area contributed by atoms with Crippen LogP contribution in [0.4, 0.5) is 0 Å². The number of carbonyl (C=O) groups is 2. The van der Waals surface area contributed by atoms with Crippen LogP contribution in [0.2, 0.25) is 0 Å². The summed E-state index contributed by atoms with van der Waals surface area (Å²) >= 11 is 1.69. The molecule has 0 spiro atoms. The lowest BCUT2D eigenvalue weighted by molar-refractivity contribution is 0.0214. The second kappa shape index (κ2) is 8.21. The van der Waals surface area contributed by atoms with Gasteiger partial charge in [0, 0.05) is 5.25 Å². The highest BCUT2D eigenvalue weighted by Crippen LogP contribution is 2.36. The fourth-order valence-corrected chi connectivity index (χ4v) is 4.17. The molecule has 0 amide bonds. The predicted octanol–water partition coefficient (Wildman–Crippen LogP) is 3.96. The Kier molecular flexibility index (Phi) is 5.76. The van der Waals surface area contributed by atoms with Gasteiger partial charge in [-0.25, -0.2) is 9.59 Å². The topological polar surface area (TPSA) is 52.6 Å². The van der Waals surface area contributed by atoms with Crippen molar-refractivity contribution in [1.82, 2.24) is 0 Å². The van der Waals surface area contributed by atoms with E-state index in [-0.39, 0.29) is 29.9 Å². The number of esters is 2. The minimum atomic E-state index is -0.353. The van der Waals surface area contributed by atoms with Crippen molar-refractivity contribution in [2.45, 2.75) is 29.9 Å². The van der Waals surface area contributed by atoms with Crippen LogP contribution in [0.1, 0.15) is 34.1 Å². The molecule has 1 saturated heterocycles. The third kappa shape index (κ3) is 4.63. The molecule has 1 aliphatic heterocycles. The summed E-state index contributed by atoms with van der Waals surface area (Å²) in [6.45, 7) is 2.32. The van der Waals surface area contributed by atoms with E-state index in [0.717, 1.165) is 6.42 Å². The molecule has 0 aliphatic carbocycles.